The molecule has 7 heteroatoms. The summed E-state index contributed by atoms with van der Waals surface area (Å²) in [5.74, 6) is 0.935. The zero-order valence-electron chi connectivity index (χ0n) is 13.4. The van der Waals surface area contributed by atoms with Gasteiger partial charge in [-0.1, -0.05) is 0 Å². The SMILES string of the molecule is O=C(C1CC1)N1CCC(CN2C[C@H](O)[C@@H](O)[C@H](O)[C@H]2CO)CC1. The Morgan fingerprint density at radius 1 is 1.00 bits per heavy atom. The van der Waals surface area contributed by atoms with Gasteiger partial charge < -0.3 is 25.3 Å². The van der Waals surface area contributed by atoms with E-state index in [0.717, 1.165) is 38.8 Å². The van der Waals surface area contributed by atoms with Crippen LogP contribution in [0.2, 0.25) is 0 Å². The number of piperidine rings is 2. The second-order valence-corrected chi connectivity index (χ2v) is 7.30. The van der Waals surface area contributed by atoms with Gasteiger partial charge >= 0.3 is 0 Å². The molecule has 1 aliphatic carbocycles. The number of hydrogen-bond acceptors (Lipinski definition) is 6. The molecule has 0 aromatic rings. The van der Waals surface area contributed by atoms with E-state index in [4.69, 9.17) is 0 Å². The van der Waals surface area contributed by atoms with Crippen molar-refractivity contribution in [3.63, 3.8) is 0 Å². The quantitative estimate of drug-likeness (QED) is 0.495. The Morgan fingerprint density at radius 3 is 2.22 bits per heavy atom. The van der Waals surface area contributed by atoms with Crippen molar-refractivity contribution in [2.75, 3.05) is 32.8 Å². The van der Waals surface area contributed by atoms with Crippen LogP contribution in [0.5, 0.6) is 0 Å². The minimum Gasteiger partial charge on any atom is -0.395 e. The van der Waals surface area contributed by atoms with E-state index in [1.54, 1.807) is 0 Å². The number of carbonyl (C=O) groups is 1. The molecule has 3 aliphatic rings. The number of aliphatic hydroxyl groups is 4. The summed E-state index contributed by atoms with van der Waals surface area (Å²) in [4.78, 5) is 15.9. The molecule has 4 N–H and O–H groups in total. The van der Waals surface area contributed by atoms with Crippen LogP contribution in [-0.2, 0) is 4.79 Å². The zero-order valence-corrected chi connectivity index (χ0v) is 13.4. The minimum atomic E-state index is -1.21. The molecule has 1 saturated carbocycles. The highest BCUT2D eigenvalue weighted by Gasteiger charge is 2.42. The highest BCUT2D eigenvalue weighted by Crippen LogP contribution is 2.33. The van der Waals surface area contributed by atoms with Crippen LogP contribution in [0.3, 0.4) is 0 Å². The molecule has 0 aromatic heterocycles. The van der Waals surface area contributed by atoms with Crippen LogP contribution in [0, 0.1) is 11.8 Å². The van der Waals surface area contributed by atoms with Crippen LogP contribution in [0.15, 0.2) is 0 Å². The predicted octanol–water partition coefficient (Wildman–Crippen LogP) is -1.61. The van der Waals surface area contributed by atoms with E-state index in [9.17, 15) is 25.2 Å². The molecule has 2 aliphatic heterocycles. The Balaban J connectivity index is 1.51. The largest absolute Gasteiger partial charge is 0.395 e. The smallest absolute Gasteiger partial charge is 0.225 e. The maximum absolute atomic E-state index is 12.1. The molecule has 2 saturated heterocycles. The molecule has 0 aromatic carbocycles. The third kappa shape index (κ3) is 3.69. The van der Waals surface area contributed by atoms with E-state index in [1.165, 1.54) is 0 Å². The summed E-state index contributed by atoms with van der Waals surface area (Å²) in [7, 11) is 0. The number of rotatable bonds is 4. The summed E-state index contributed by atoms with van der Waals surface area (Å²) < 4.78 is 0. The van der Waals surface area contributed by atoms with Crippen LogP contribution in [0.1, 0.15) is 25.7 Å². The average molecular weight is 328 g/mol. The normalized spacial score (nSPS) is 37.1. The molecule has 23 heavy (non-hydrogen) atoms. The molecule has 0 spiro atoms. The first-order valence-electron chi connectivity index (χ1n) is 8.69. The van der Waals surface area contributed by atoms with Crippen molar-refractivity contribution in [2.24, 2.45) is 11.8 Å². The lowest BCUT2D eigenvalue weighted by molar-refractivity contribution is -0.148. The van der Waals surface area contributed by atoms with Gasteiger partial charge in [0, 0.05) is 32.1 Å². The molecule has 4 atom stereocenters. The Labute approximate surface area is 136 Å². The van der Waals surface area contributed by atoms with Crippen LogP contribution < -0.4 is 0 Å². The summed E-state index contributed by atoms with van der Waals surface area (Å²) in [5.41, 5.74) is 0. The lowest BCUT2D eigenvalue weighted by Crippen LogP contribution is -2.63. The van der Waals surface area contributed by atoms with Crippen molar-refractivity contribution in [3.05, 3.63) is 0 Å². The first-order valence-corrected chi connectivity index (χ1v) is 8.69. The fourth-order valence-electron chi connectivity index (χ4n) is 3.84. The van der Waals surface area contributed by atoms with Gasteiger partial charge in [-0.2, -0.15) is 0 Å². The summed E-state index contributed by atoms with van der Waals surface area (Å²) in [6.07, 6.45) is 0.529. The number of amides is 1. The molecule has 7 nitrogen and oxygen atoms in total. The van der Waals surface area contributed by atoms with E-state index in [2.05, 4.69) is 0 Å². The number of β-amino-alcohol motifs (C(OH)–C–C–N with tert-alkyl or cyclic N) is 1. The van der Waals surface area contributed by atoms with E-state index in [1.807, 2.05) is 9.80 Å². The van der Waals surface area contributed by atoms with Crippen molar-refractivity contribution in [2.45, 2.75) is 50.0 Å². The molecular weight excluding hydrogens is 300 g/mol. The Hall–Kier alpha value is -0.730. The van der Waals surface area contributed by atoms with Crippen LogP contribution in [0.4, 0.5) is 0 Å². The van der Waals surface area contributed by atoms with Crippen molar-refractivity contribution in [1.82, 2.24) is 9.80 Å². The highest BCUT2D eigenvalue weighted by atomic mass is 16.4. The Kier molecular flexibility index (Phi) is 5.22. The van der Waals surface area contributed by atoms with E-state index in [-0.39, 0.29) is 19.1 Å². The van der Waals surface area contributed by atoms with Crippen LogP contribution in [-0.4, -0.2) is 93.3 Å². The second kappa shape index (κ2) is 7.03. The molecular formula is C16H28N2O5. The summed E-state index contributed by atoms with van der Waals surface area (Å²) >= 11 is 0. The predicted molar refractivity (Wildman–Crippen MR) is 82.5 cm³/mol. The van der Waals surface area contributed by atoms with Crippen molar-refractivity contribution in [1.29, 1.82) is 0 Å². The molecule has 0 unspecified atom stereocenters. The fraction of sp³-hybridized carbons (Fsp3) is 0.938. The summed E-state index contributed by atoms with van der Waals surface area (Å²) in [6, 6.07) is -0.542. The average Bonchev–Trinajstić information content (AvgIpc) is 3.38. The third-order valence-electron chi connectivity index (χ3n) is 5.56. The summed E-state index contributed by atoms with van der Waals surface area (Å²) in [6.45, 7) is 2.21. The zero-order chi connectivity index (χ0) is 16.6. The number of carbonyl (C=O) groups excluding carboxylic acids is 1. The molecule has 0 bridgehead atoms. The molecule has 0 radical (unpaired) electrons. The Bertz CT molecular complexity index is 423. The van der Waals surface area contributed by atoms with Gasteiger partial charge in [-0.05, 0) is 31.6 Å². The minimum absolute atomic E-state index is 0.246. The van der Waals surface area contributed by atoms with Crippen molar-refractivity contribution in [3.8, 4) is 0 Å². The molecule has 132 valence electrons. The van der Waals surface area contributed by atoms with E-state index >= 15 is 0 Å². The van der Waals surface area contributed by atoms with Gasteiger partial charge in [0.25, 0.3) is 0 Å². The van der Waals surface area contributed by atoms with Crippen LogP contribution in [0.25, 0.3) is 0 Å². The van der Waals surface area contributed by atoms with Gasteiger partial charge in [0.2, 0.25) is 5.91 Å². The maximum Gasteiger partial charge on any atom is 0.225 e. The number of nitrogens with zero attached hydrogens (tertiary/aromatic N) is 2. The molecule has 3 fully saturated rings. The monoisotopic (exact) mass is 328 g/mol. The second-order valence-electron chi connectivity index (χ2n) is 7.30. The Morgan fingerprint density at radius 2 is 1.65 bits per heavy atom. The van der Waals surface area contributed by atoms with Gasteiger partial charge in [-0.25, -0.2) is 0 Å². The standard InChI is InChI=1S/C16H28N2O5/c19-9-12-14(21)15(22)13(20)8-18(12)7-10-3-5-17(6-4-10)16(23)11-1-2-11/h10-15,19-22H,1-9H2/t12-,13+,14-,15-/m1/s1. The van der Waals surface area contributed by atoms with Gasteiger partial charge in [-0.3, -0.25) is 9.69 Å². The number of aliphatic hydroxyl groups excluding tert-OH is 4. The molecule has 2 heterocycles. The van der Waals surface area contributed by atoms with E-state index in [0.29, 0.717) is 18.4 Å². The first kappa shape index (κ1) is 17.1. The lowest BCUT2D eigenvalue weighted by Gasteiger charge is -2.45. The van der Waals surface area contributed by atoms with Crippen molar-refractivity contribution < 1.29 is 25.2 Å². The lowest BCUT2D eigenvalue weighted by atomic mass is 9.90. The summed E-state index contributed by atoms with van der Waals surface area (Å²) in [5, 5.41) is 39.1. The topological polar surface area (TPSA) is 104 Å². The van der Waals surface area contributed by atoms with Gasteiger partial charge in [0.1, 0.15) is 12.2 Å². The van der Waals surface area contributed by atoms with E-state index < -0.39 is 24.4 Å². The van der Waals surface area contributed by atoms with Gasteiger partial charge in [0.15, 0.2) is 0 Å². The van der Waals surface area contributed by atoms with Gasteiger partial charge in [-0.15, -0.1) is 0 Å². The van der Waals surface area contributed by atoms with Gasteiger partial charge in [0.05, 0.1) is 18.8 Å². The number of likely N-dealkylation sites (tertiary alicyclic amines) is 2. The molecule has 3 rings (SSSR count). The number of hydrogen-bond donors (Lipinski definition) is 4. The third-order valence-corrected chi connectivity index (χ3v) is 5.56. The van der Waals surface area contributed by atoms with Crippen molar-refractivity contribution >= 4 is 5.91 Å². The van der Waals surface area contributed by atoms with Crippen LogP contribution >= 0.6 is 0 Å². The molecule has 1 amide bonds. The first-order chi connectivity index (χ1) is 11.0. The highest BCUT2D eigenvalue weighted by molar-refractivity contribution is 5.81. The fourth-order valence-corrected chi connectivity index (χ4v) is 3.84. The maximum atomic E-state index is 12.1.